The van der Waals surface area contributed by atoms with Crippen LogP contribution in [-0.2, 0) is 11.2 Å². The Labute approximate surface area is 162 Å². The third kappa shape index (κ3) is 3.34. The number of anilines is 2. The van der Waals surface area contributed by atoms with Crippen molar-refractivity contribution in [3.8, 4) is 0 Å². The number of para-hydroxylation sites is 1. The molecular weight excluding hydrogens is 334 g/mol. The van der Waals surface area contributed by atoms with Crippen LogP contribution in [0, 0.1) is 13.8 Å². The van der Waals surface area contributed by atoms with Gasteiger partial charge in [0.1, 0.15) is 0 Å². The standard InChI is InChI=1S/C23H29N3O/c1-17-7-6-10-21(18(17)2)25-15-13-24(14-16-25)19(3)23(27)26-12-11-20-8-4-5-9-22(20)26/h4-10,19H,11-16H2,1-3H3/t19-/m1/s1. The first kappa shape index (κ1) is 18.1. The van der Waals surface area contributed by atoms with E-state index in [2.05, 4.69) is 67.0 Å². The Morgan fingerprint density at radius 1 is 0.889 bits per heavy atom. The number of hydrogen-bond donors (Lipinski definition) is 0. The lowest BCUT2D eigenvalue weighted by Crippen LogP contribution is -2.54. The molecule has 1 saturated heterocycles. The summed E-state index contributed by atoms with van der Waals surface area (Å²) in [7, 11) is 0. The van der Waals surface area contributed by atoms with Crippen LogP contribution < -0.4 is 9.80 Å². The molecule has 2 aromatic carbocycles. The zero-order valence-electron chi connectivity index (χ0n) is 16.6. The van der Waals surface area contributed by atoms with Crippen molar-refractivity contribution < 1.29 is 4.79 Å². The molecular formula is C23H29N3O. The molecule has 2 heterocycles. The average molecular weight is 364 g/mol. The number of benzene rings is 2. The number of carbonyl (C=O) groups excluding carboxylic acids is 1. The Balaban J connectivity index is 1.41. The fourth-order valence-corrected chi connectivity index (χ4v) is 4.38. The van der Waals surface area contributed by atoms with Crippen molar-refractivity contribution >= 4 is 17.3 Å². The van der Waals surface area contributed by atoms with Gasteiger partial charge in [-0.2, -0.15) is 0 Å². The lowest BCUT2D eigenvalue weighted by molar-refractivity contribution is -0.123. The monoisotopic (exact) mass is 363 g/mol. The van der Waals surface area contributed by atoms with Crippen molar-refractivity contribution in [3.63, 3.8) is 0 Å². The summed E-state index contributed by atoms with van der Waals surface area (Å²) in [5.74, 6) is 0.236. The van der Waals surface area contributed by atoms with Gasteiger partial charge in [-0.05, 0) is 56.0 Å². The highest BCUT2D eigenvalue weighted by Gasteiger charge is 2.32. The zero-order chi connectivity index (χ0) is 19.0. The number of amides is 1. The van der Waals surface area contributed by atoms with E-state index in [4.69, 9.17) is 0 Å². The van der Waals surface area contributed by atoms with Crippen LogP contribution in [0.25, 0.3) is 0 Å². The van der Waals surface area contributed by atoms with Gasteiger partial charge in [-0.15, -0.1) is 0 Å². The second kappa shape index (κ2) is 7.35. The number of piperazine rings is 1. The van der Waals surface area contributed by atoms with E-state index in [-0.39, 0.29) is 11.9 Å². The largest absolute Gasteiger partial charge is 0.369 e. The smallest absolute Gasteiger partial charge is 0.244 e. The maximum absolute atomic E-state index is 13.1. The van der Waals surface area contributed by atoms with E-state index >= 15 is 0 Å². The summed E-state index contributed by atoms with van der Waals surface area (Å²) in [4.78, 5) is 19.9. The quantitative estimate of drug-likeness (QED) is 0.836. The summed E-state index contributed by atoms with van der Waals surface area (Å²) >= 11 is 0. The molecule has 0 spiro atoms. The molecule has 1 amide bonds. The van der Waals surface area contributed by atoms with Gasteiger partial charge < -0.3 is 9.80 Å². The highest BCUT2D eigenvalue weighted by Crippen LogP contribution is 2.29. The molecule has 2 aliphatic rings. The Kier molecular flexibility index (Phi) is 4.92. The molecule has 27 heavy (non-hydrogen) atoms. The number of rotatable bonds is 3. The van der Waals surface area contributed by atoms with E-state index < -0.39 is 0 Å². The summed E-state index contributed by atoms with van der Waals surface area (Å²) in [6, 6.07) is 14.7. The normalized spacial score (nSPS) is 18.5. The predicted octanol–water partition coefficient (Wildman–Crippen LogP) is 3.40. The first-order valence-corrected chi connectivity index (χ1v) is 10.0. The minimum atomic E-state index is -0.0723. The number of fused-ring (bicyclic) bond motifs is 1. The molecule has 4 heteroatoms. The molecule has 0 saturated carbocycles. The van der Waals surface area contributed by atoms with Crippen LogP contribution >= 0.6 is 0 Å². The Hall–Kier alpha value is -2.33. The number of aryl methyl sites for hydroxylation is 1. The Morgan fingerprint density at radius 2 is 1.59 bits per heavy atom. The lowest BCUT2D eigenvalue weighted by atomic mass is 10.1. The first-order valence-electron chi connectivity index (χ1n) is 10.0. The van der Waals surface area contributed by atoms with Crippen molar-refractivity contribution in [1.29, 1.82) is 0 Å². The summed E-state index contributed by atoms with van der Waals surface area (Å²) < 4.78 is 0. The highest BCUT2D eigenvalue weighted by atomic mass is 16.2. The highest BCUT2D eigenvalue weighted by molar-refractivity contribution is 5.98. The molecule has 142 valence electrons. The third-order valence-electron chi connectivity index (χ3n) is 6.29. The van der Waals surface area contributed by atoms with Crippen LogP contribution in [-0.4, -0.2) is 49.6 Å². The van der Waals surface area contributed by atoms with Crippen LogP contribution in [0.1, 0.15) is 23.6 Å². The van der Waals surface area contributed by atoms with E-state index in [0.29, 0.717) is 0 Å². The third-order valence-corrected chi connectivity index (χ3v) is 6.29. The summed E-state index contributed by atoms with van der Waals surface area (Å²) in [5, 5.41) is 0. The van der Waals surface area contributed by atoms with Gasteiger partial charge in [0.15, 0.2) is 0 Å². The second-order valence-electron chi connectivity index (χ2n) is 7.79. The second-order valence-corrected chi connectivity index (χ2v) is 7.79. The molecule has 2 aliphatic heterocycles. The molecule has 0 radical (unpaired) electrons. The Bertz CT molecular complexity index is 839. The van der Waals surface area contributed by atoms with Gasteiger partial charge in [-0.25, -0.2) is 0 Å². The van der Waals surface area contributed by atoms with Crippen molar-refractivity contribution in [2.24, 2.45) is 0 Å². The van der Waals surface area contributed by atoms with Gasteiger partial charge >= 0.3 is 0 Å². The summed E-state index contributed by atoms with van der Waals surface area (Å²) in [6.45, 7) is 11.0. The van der Waals surface area contributed by atoms with Crippen molar-refractivity contribution in [3.05, 3.63) is 59.2 Å². The first-order chi connectivity index (χ1) is 13.1. The topological polar surface area (TPSA) is 26.8 Å². The minimum absolute atomic E-state index is 0.0723. The van der Waals surface area contributed by atoms with E-state index in [1.165, 1.54) is 22.4 Å². The van der Waals surface area contributed by atoms with Crippen molar-refractivity contribution in [1.82, 2.24) is 4.90 Å². The molecule has 0 N–H and O–H groups in total. The van der Waals surface area contributed by atoms with E-state index in [0.717, 1.165) is 44.8 Å². The van der Waals surface area contributed by atoms with Crippen LogP contribution in [0.15, 0.2) is 42.5 Å². The average Bonchev–Trinajstić information content (AvgIpc) is 3.13. The van der Waals surface area contributed by atoms with Gasteiger partial charge in [0, 0.05) is 44.1 Å². The molecule has 0 aliphatic carbocycles. The van der Waals surface area contributed by atoms with Crippen LogP contribution in [0.2, 0.25) is 0 Å². The molecule has 1 fully saturated rings. The van der Waals surface area contributed by atoms with E-state index in [1.54, 1.807) is 0 Å². The van der Waals surface area contributed by atoms with E-state index in [1.807, 2.05) is 11.0 Å². The molecule has 1 atom stereocenters. The summed E-state index contributed by atoms with van der Waals surface area (Å²) in [6.07, 6.45) is 0.967. The fourth-order valence-electron chi connectivity index (χ4n) is 4.38. The molecule has 0 aromatic heterocycles. The van der Waals surface area contributed by atoms with Gasteiger partial charge in [-0.3, -0.25) is 9.69 Å². The maximum atomic E-state index is 13.1. The molecule has 2 aromatic rings. The number of hydrogen-bond acceptors (Lipinski definition) is 3. The number of carbonyl (C=O) groups is 1. The lowest BCUT2D eigenvalue weighted by Gasteiger charge is -2.40. The molecule has 0 bridgehead atoms. The van der Waals surface area contributed by atoms with Gasteiger partial charge in [0.25, 0.3) is 0 Å². The zero-order valence-corrected chi connectivity index (χ0v) is 16.6. The fraction of sp³-hybridized carbons (Fsp3) is 0.435. The van der Waals surface area contributed by atoms with Crippen LogP contribution in [0.4, 0.5) is 11.4 Å². The molecule has 0 unspecified atom stereocenters. The summed E-state index contributed by atoms with van der Waals surface area (Å²) in [5.41, 5.74) is 6.43. The number of nitrogens with zero attached hydrogens (tertiary/aromatic N) is 3. The predicted molar refractivity (Wildman–Crippen MR) is 112 cm³/mol. The van der Waals surface area contributed by atoms with Crippen LogP contribution in [0.3, 0.4) is 0 Å². The molecule has 4 nitrogen and oxygen atoms in total. The van der Waals surface area contributed by atoms with Crippen LogP contribution in [0.5, 0.6) is 0 Å². The Morgan fingerprint density at radius 3 is 2.37 bits per heavy atom. The van der Waals surface area contributed by atoms with E-state index in [9.17, 15) is 4.79 Å². The van der Waals surface area contributed by atoms with Crippen molar-refractivity contribution in [2.75, 3.05) is 42.5 Å². The van der Waals surface area contributed by atoms with Gasteiger partial charge in [-0.1, -0.05) is 30.3 Å². The van der Waals surface area contributed by atoms with Gasteiger partial charge in [0.2, 0.25) is 5.91 Å². The SMILES string of the molecule is Cc1cccc(N2CCN([C@H](C)C(=O)N3CCc4ccccc43)CC2)c1C. The van der Waals surface area contributed by atoms with Crippen molar-refractivity contribution in [2.45, 2.75) is 33.2 Å². The minimum Gasteiger partial charge on any atom is -0.369 e. The molecule has 4 rings (SSSR count). The van der Waals surface area contributed by atoms with Gasteiger partial charge in [0.05, 0.1) is 6.04 Å². The maximum Gasteiger partial charge on any atom is 0.244 e.